The van der Waals surface area contributed by atoms with Crippen molar-refractivity contribution in [1.29, 1.82) is 0 Å². The normalized spacial score (nSPS) is 15.5. The highest BCUT2D eigenvalue weighted by Gasteiger charge is 2.19. The second-order valence-corrected chi connectivity index (χ2v) is 5.36. The Morgan fingerprint density at radius 3 is 2.59 bits per heavy atom. The lowest BCUT2D eigenvalue weighted by Gasteiger charge is -2.27. The number of amides is 1. The molecule has 2 rings (SSSR count). The van der Waals surface area contributed by atoms with Gasteiger partial charge < -0.3 is 9.64 Å². The van der Waals surface area contributed by atoms with Gasteiger partial charge in [0.25, 0.3) is 5.69 Å². The monoisotopic (exact) mass is 304 g/mol. The van der Waals surface area contributed by atoms with Gasteiger partial charge in [-0.2, -0.15) is 0 Å². The standard InChI is InChI=1S/C16H20N2O4/c1-12(16(19)17-8-4-3-5-9-17)10-13-6-7-14(22-2)11-15(13)18(20)21/h6-7,10-11H,3-5,8-9H2,1-2H3/b12-10+. The van der Waals surface area contributed by atoms with Gasteiger partial charge in [-0.15, -0.1) is 0 Å². The predicted molar refractivity (Wildman–Crippen MR) is 83.7 cm³/mol. The molecule has 1 aliphatic rings. The maximum Gasteiger partial charge on any atom is 0.280 e. The van der Waals surface area contributed by atoms with Crippen LogP contribution in [-0.4, -0.2) is 35.9 Å². The van der Waals surface area contributed by atoms with Crippen molar-refractivity contribution in [3.05, 3.63) is 39.4 Å². The number of ether oxygens (including phenoxy) is 1. The van der Waals surface area contributed by atoms with Gasteiger partial charge in [-0.25, -0.2) is 0 Å². The molecule has 0 N–H and O–H groups in total. The van der Waals surface area contributed by atoms with Crippen LogP contribution in [0.1, 0.15) is 31.7 Å². The summed E-state index contributed by atoms with van der Waals surface area (Å²) in [7, 11) is 1.46. The number of carbonyl (C=O) groups excluding carboxylic acids is 1. The third-order valence-electron chi connectivity index (χ3n) is 3.79. The molecule has 1 saturated heterocycles. The molecule has 0 radical (unpaired) electrons. The number of rotatable bonds is 4. The number of nitrogens with zero attached hydrogens (tertiary/aromatic N) is 2. The maximum atomic E-state index is 12.4. The number of carbonyl (C=O) groups is 1. The van der Waals surface area contributed by atoms with E-state index in [1.165, 1.54) is 13.2 Å². The summed E-state index contributed by atoms with van der Waals surface area (Å²) in [5.41, 5.74) is 0.856. The predicted octanol–water partition coefficient (Wildman–Crippen LogP) is 3.02. The molecular formula is C16H20N2O4. The fraction of sp³-hybridized carbons (Fsp3) is 0.438. The minimum Gasteiger partial charge on any atom is -0.497 e. The van der Waals surface area contributed by atoms with E-state index in [9.17, 15) is 14.9 Å². The molecular weight excluding hydrogens is 284 g/mol. The van der Waals surface area contributed by atoms with Crippen molar-refractivity contribution in [2.75, 3.05) is 20.2 Å². The fourth-order valence-electron chi connectivity index (χ4n) is 2.57. The molecule has 0 unspecified atom stereocenters. The van der Waals surface area contributed by atoms with E-state index in [0.29, 0.717) is 16.9 Å². The SMILES string of the molecule is COc1ccc(/C=C(\C)C(=O)N2CCCCC2)c([N+](=O)[O-])c1. The zero-order valence-electron chi connectivity index (χ0n) is 12.9. The van der Waals surface area contributed by atoms with Gasteiger partial charge in [-0.3, -0.25) is 14.9 Å². The van der Waals surface area contributed by atoms with Crippen molar-refractivity contribution in [3.63, 3.8) is 0 Å². The maximum absolute atomic E-state index is 12.4. The van der Waals surface area contributed by atoms with Gasteiger partial charge in [0.1, 0.15) is 5.75 Å². The van der Waals surface area contributed by atoms with Gasteiger partial charge >= 0.3 is 0 Å². The lowest BCUT2D eigenvalue weighted by Crippen LogP contribution is -2.36. The molecule has 6 nitrogen and oxygen atoms in total. The highest BCUT2D eigenvalue weighted by Crippen LogP contribution is 2.27. The van der Waals surface area contributed by atoms with Gasteiger partial charge in [-0.05, 0) is 44.4 Å². The van der Waals surface area contributed by atoms with E-state index in [1.54, 1.807) is 25.1 Å². The van der Waals surface area contributed by atoms with E-state index in [2.05, 4.69) is 0 Å². The number of benzene rings is 1. The first kappa shape index (κ1) is 16.0. The molecule has 0 bridgehead atoms. The summed E-state index contributed by atoms with van der Waals surface area (Å²) in [6.07, 6.45) is 4.76. The second kappa shape index (κ2) is 7.06. The molecule has 0 atom stereocenters. The van der Waals surface area contributed by atoms with Crippen LogP contribution >= 0.6 is 0 Å². The molecule has 6 heteroatoms. The van der Waals surface area contributed by atoms with Crippen LogP contribution in [0.2, 0.25) is 0 Å². The fourth-order valence-corrected chi connectivity index (χ4v) is 2.57. The summed E-state index contributed by atoms with van der Waals surface area (Å²) < 4.78 is 5.01. The van der Waals surface area contributed by atoms with Gasteiger partial charge in [0, 0.05) is 18.7 Å². The van der Waals surface area contributed by atoms with Crippen molar-refractivity contribution >= 4 is 17.7 Å². The van der Waals surface area contributed by atoms with Crippen molar-refractivity contribution in [1.82, 2.24) is 4.90 Å². The largest absolute Gasteiger partial charge is 0.497 e. The Hall–Kier alpha value is -2.37. The Labute approximate surface area is 129 Å². The van der Waals surface area contributed by atoms with Gasteiger partial charge in [0.05, 0.1) is 23.7 Å². The first-order valence-electron chi connectivity index (χ1n) is 7.33. The number of likely N-dealkylation sites (tertiary alicyclic amines) is 1. The van der Waals surface area contributed by atoms with Crippen LogP contribution < -0.4 is 4.74 Å². The molecule has 1 aliphatic heterocycles. The Bertz CT molecular complexity index is 604. The van der Waals surface area contributed by atoms with Gasteiger partial charge in [0.15, 0.2) is 0 Å². The molecule has 0 spiro atoms. The Kier molecular flexibility index (Phi) is 5.14. The highest BCUT2D eigenvalue weighted by atomic mass is 16.6. The lowest BCUT2D eigenvalue weighted by molar-refractivity contribution is -0.385. The quantitative estimate of drug-likeness (QED) is 0.487. The average Bonchev–Trinajstić information content (AvgIpc) is 2.55. The van der Waals surface area contributed by atoms with E-state index in [4.69, 9.17) is 4.74 Å². The molecule has 1 amide bonds. The summed E-state index contributed by atoms with van der Waals surface area (Å²) in [6.45, 7) is 3.22. The molecule has 1 heterocycles. The number of nitro benzene ring substituents is 1. The van der Waals surface area contributed by atoms with Crippen LogP contribution in [0.5, 0.6) is 5.75 Å². The van der Waals surface area contributed by atoms with Crippen molar-refractivity contribution in [2.24, 2.45) is 0 Å². The average molecular weight is 304 g/mol. The van der Waals surface area contributed by atoms with Crippen LogP contribution in [0.15, 0.2) is 23.8 Å². The molecule has 22 heavy (non-hydrogen) atoms. The summed E-state index contributed by atoms with van der Waals surface area (Å²) in [6, 6.07) is 4.62. The minimum atomic E-state index is -0.465. The van der Waals surface area contributed by atoms with E-state index < -0.39 is 4.92 Å². The van der Waals surface area contributed by atoms with Gasteiger partial charge in [-0.1, -0.05) is 0 Å². The zero-order valence-corrected chi connectivity index (χ0v) is 12.9. The van der Waals surface area contributed by atoms with Crippen LogP contribution in [0.3, 0.4) is 0 Å². The molecule has 1 aromatic carbocycles. The summed E-state index contributed by atoms with van der Waals surface area (Å²) >= 11 is 0. The summed E-state index contributed by atoms with van der Waals surface area (Å²) in [4.78, 5) is 24.9. The Morgan fingerprint density at radius 2 is 2.00 bits per heavy atom. The molecule has 1 aromatic rings. The molecule has 118 valence electrons. The van der Waals surface area contributed by atoms with Crippen LogP contribution in [0.25, 0.3) is 6.08 Å². The highest BCUT2D eigenvalue weighted by molar-refractivity contribution is 5.97. The van der Waals surface area contributed by atoms with Crippen LogP contribution in [-0.2, 0) is 4.79 Å². The molecule has 1 fully saturated rings. The number of nitro groups is 1. The van der Waals surface area contributed by atoms with E-state index >= 15 is 0 Å². The smallest absolute Gasteiger partial charge is 0.280 e. The third kappa shape index (κ3) is 3.63. The van der Waals surface area contributed by atoms with Crippen molar-refractivity contribution in [3.8, 4) is 5.75 Å². The lowest BCUT2D eigenvalue weighted by atomic mass is 10.1. The van der Waals surface area contributed by atoms with Gasteiger partial charge in [0.2, 0.25) is 5.91 Å². The van der Waals surface area contributed by atoms with E-state index in [1.807, 2.05) is 4.90 Å². The first-order valence-corrected chi connectivity index (χ1v) is 7.33. The Balaban J connectivity index is 2.27. The van der Waals surface area contributed by atoms with E-state index in [0.717, 1.165) is 32.4 Å². The molecule has 0 aromatic heterocycles. The number of hydrogen-bond donors (Lipinski definition) is 0. The number of piperidine rings is 1. The van der Waals surface area contributed by atoms with Crippen molar-refractivity contribution < 1.29 is 14.5 Å². The van der Waals surface area contributed by atoms with Crippen LogP contribution in [0, 0.1) is 10.1 Å². The Morgan fingerprint density at radius 1 is 1.32 bits per heavy atom. The molecule has 0 saturated carbocycles. The molecule has 0 aliphatic carbocycles. The summed E-state index contributed by atoms with van der Waals surface area (Å²) in [5.74, 6) is 0.369. The number of hydrogen-bond acceptors (Lipinski definition) is 4. The van der Waals surface area contributed by atoms with Crippen LogP contribution in [0.4, 0.5) is 5.69 Å². The summed E-state index contributed by atoms with van der Waals surface area (Å²) in [5, 5.41) is 11.2. The van der Waals surface area contributed by atoms with Crippen molar-refractivity contribution in [2.45, 2.75) is 26.2 Å². The first-order chi connectivity index (χ1) is 10.5. The zero-order chi connectivity index (χ0) is 16.1. The number of methoxy groups -OCH3 is 1. The minimum absolute atomic E-state index is 0.0511. The third-order valence-corrected chi connectivity index (χ3v) is 3.79. The van der Waals surface area contributed by atoms with E-state index in [-0.39, 0.29) is 11.6 Å². The topological polar surface area (TPSA) is 72.7 Å². The second-order valence-electron chi connectivity index (χ2n) is 5.36.